The third-order valence-corrected chi connectivity index (χ3v) is 10.7. The summed E-state index contributed by atoms with van der Waals surface area (Å²) >= 11 is 6.13. The molecule has 1 aliphatic carbocycles. The van der Waals surface area contributed by atoms with Gasteiger partial charge in [-0.1, -0.05) is 67.3 Å². The van der Waals surface area contributed by atoms with Gasteiger partial charge >= 0.3 is 22.8 Å². The average Bonchev–Trinajstić information content (AvgIpc) is 3.46. The van der Waals surface area contributed by atoms with E-state index in [0.717, 1.165) is 30.4 Å². The summed E-state index contributed by atoms with van der Waals surface area (Å²) in [4.78, 5) is 25.8. The Hall–Kier alpha value is -4.12. The lowest BCUT2D eigenvalue weighted by atomic mass is 9.61. The Kier molecular flexibility index (Phi) is 14.9. The highest BCUT2D eigenvalue weighted by Gasteiger charge is 2.39. The van der Waals surface area contributed by atoms with Crippen LogP contribution in [-0.2, 0) is 28.9 Å². The molecule has 0 unspecified atom stereocenters. The number of nitrogens with zero attached hydrogens (tertiary/aromatic N) is 3. The van der Waals surface area contributed by atoms with Crippen molar-refractivity contribution in [2.75, 3.05) is 45.8 Å². The first-order valence-electron chi connectivity index (χ1n) is 15.9. The van der Waals surface area contributed by atoms with Crippen LogP contribution in [0, 0.1) is 34.3 Å². The number of aromatic nitrogens is 2. The maximum Gasteiger partial charge on any atom is 0.415 e. The van der Waals surface area contributed by atoms with Crippen molar-refractivity contribution in [2.24, 2.45) is 17.3 Å². The molecule has 1 aromatic carbocycles. The molecule has 1 aliphatic rings. The van der Waals surface area contributed by atoms with E-state index in [0.29, 0.717) is 24.9 Å². The van der Waals surface area contributed by atoms with Gasteiger partial charge in [-0.2, -0.15) is 0 Å². The molecule has 2 aromatic rings. The van der Waals surface area contributed by atoms with Gasteiger partial charge < -0.3 is 19.4 Å². The maximum absolute atomic E-state index is 12.8. The van der Waals surface area contributed by atoms with Crippen molar-refractivity contribution in [1.29, 1.82) is 0 Å². The van der Waals surface area contributed by atoms with Crippen molar-refractivity contribution in [3.05, 3.63) is 72.5 Å². The molecule has 0 radical (unpaired) electrons. The Morgan fingerprint density at radius 1 is 1.16 bits per heavy atom. The van der Waals surface area contributed by atoms with E-state index in [1.807, 2.05) is 13.1 Å². The molecule has 266 valence electrons. The molecule has 1 aromatic heterocycles. The molecule has 1 fully saturated rings. The number of ether oxygens (including phenoxy) is 3. The van der Waals surface area contributed by atoms with E-state index < -0.39 is 32.7 Å². The Morgan fingerprint density at radius 2 is 1.84 bits per heavy atom. The Labute approximate surface area is 293 Å². The number of carbonyl (C=O) groups is 2. The molecule has 3 rings (SSSR count). The summed E-state index contributed by atoms with van der Waals surface area (Å²) in [5.74, 6) is 4.63. The number of benzene rings is 1. The van der Waals surface area contributed by atoms with E-state index in [4.69, 9.17) is 25.8 Å². The largest absolute Gasteiger partial charge is 0.464 e. The lowest BCUT2D eigenvalue weighted by Crippen LogP contribution is -2.36. The van der Waals surface area contributed by atoms with Crippen LogP contribution >= 0.6 is 11.6 Å². The fourth-order valence-electron chi connectivity index (χ4n) is 5.63. The third kappa shape index (κ3) is 11.2. The number of sulfone groups is 1. The quantitative estimate of drug-likeness (QED) is 0.0695. The summed E-state index contributed by atoms with van der Waals surface area (Å²) in [6.07, 6.45) is 5.31. The summed E-state index contributed by atoms with van der Waals surface area (Å²) in [5.41, 5.74) is 2.15. The number of likely N-dealkylation sites (N-methyl/N-ethyl adjacent to an activating group) is 1. The van der Waals surface area contributed by atoms with Crippen LogP contribution in [0.1, 0.15) is 45.4 Å². The molecule has 12 nitrogen and oxygen atoms in total. The van der Waals surface area contributed by atoms with E-state index in [-0.39, 0.29) is 60.2 Å². The van der Waals surface area contributed by atoms with Crippen LogP contribution in [0.25, 0.3) is 0 Å². The zero-order chi connectivity index (χ0) is 36.0. The molecule has 0 amide bonds. The Bertz CT molecular complexity index is 1650. The molecular weight excluding hydrogens is 674 g/mol. The standard InChI is InChI=1S/C35H44ClN3O9S/c1-6-35(4)18-17-28(23-30(35)26(2)24-36)27(3)25-38(5)19-22-46-32(41)16-12-15-31(40)45-20-10-11-21-47-33-34(39(42)48-37-33)49(43,44)29-13-8-7-9-14-29/h6-9,13-14,28,30H,1-3,12,15-25H2,4-5H3/t28-,30+,35-/m1/s1. The van der Waals surface area contributed by atoms with E-state index in [1.165, 1.54) is 24.3 Å². The molecule has 1 saturated carbocycles. The maximum atomic E-state index is 12.8. The fourth-order valence-corrected chi connectivity index (χ4v) is 7.11. The number of esters is 2. The zero-order valence-electron chi connectivity index (χ0n) is 28.0. The van der Waals surface area contributed by atoms with Gasteiger partial charge in [-0.3, -0.25) is 19.1 Å². The highest BCUT2D eigenvalue weighted by atomic mass is 35.5. The van der Waals surface area contributed by atoms with E-state index in [2.05, 4.69) is 53.2 Å². The fraction of sp³-hybridized carbons (Fsp3) is 0.486. The van der Waals surface area contributed by atoms with E-state index in [9.17, 15) is 23.2 Å². The third-order valence-electron chi connectivity index (χ3n) is 8.59. The van der Waals surface area contributed by atoms with E-state index in [1.54, 1.807) is 6.07 Å². The van der Waals surface area contributed by atoms with Gasteiger partial charge in [0, 0.05) is 31.8 Å². The Balaban J connectivity index is 1.29. The van der Waals surface area contributed by atoms with Crippen LogP contribution < -0.4 is 9.64 Å². The van der Waals surface area contributed by atoms with Crippen molar-refractivity contribution >= 4 is 33.4 Å². The number of hydrogen-bond donors (Lipinski definition) is 0. The van der Waals surface area contributed by atoms with Crippen molar-refractivity contribution in [1.82, 2.24) is 10.1 Å². The predicted octanol–water partition coefficient (Wildman–Crippen LogP) is 4.67. The first-order valence-corrected chi connectivity index (χ1v) is 17.9. The summed E-state index contributed by atoms with van der Waals surface area (Å²) < 4.78 is 45.5. The number of hydrogen-bond acceptors (Lipinski definition) is 11. The van der Waals surface area contributed by atoms with Gasteiger partial charge in [0.25, 0.3) is 9.84 Å². The minimum atomic E-state index is -4.25. The van der Waals surface area contributed by atoms with Gasteiger partial charge in [0.1, 0.15) is 6.61 Å². The second-order valence-electron chi connectivity index (χ2n) is 12.2. The zero-order valence-corrected chi connectivity index (χ0v) is 29.6. The van der Waals surface area contributed by atoms with Crippen molar-refractivity contribution in [3.8, 4) is 17.7 Å². The smallest absolute Gasteiger partial charge is 0.415 e. The molecule has 1 heterocycles. The second-order valence-corrected chi connectivity index (χ2v) is 14.3. The molecule has 0 spiro atoms. The molecule has 49 heavy (non-hydrogen) atoms. The molecule has 0 aliphatic heterocycles. The highest BCUT2D eigenvalue weighted by molar-refractivity contribution is 7.91. The summed E-state index contributed by atoms with van der Waals surface area (Å²) in [5, 5.41) is 14.4. The number of alkyl halides is 1. The van der Waals surface area contributed by atoms with Gasteiger partial charge in [0.2, 0.25) is 0 Å². The first-order chi connectivity index (χ1) is 23.3. The monoisotopic (exact) mass is 717 g/mol. The minimum Gasteiger partial charge on any atom is -0.464 e. The van der Waals surface area contributed by atoms with Crippen LogP contribution in [0.2, 0.25) is 0 Å². The second kappa shape index (κ2) is 18.6. The molecule has 0 bridgehead atoms. The molecule has 14 heteroatoms. The topological polar surface area (TPSA) is 152 Å². The molecular formula is C35H44ClN3O9S. The van der Waals surface area contributed by atoms with Crippen molar-refractivity contribution in [3.63, 3.8) is 0 Å². The lowest BCUT2D eigenvalue weighted by molar-refractivity contribution is -0.832. The summed E-state index contributed by atoms with van der Waals surface area (Å²) in [7, 11) is -2.29. The first kappa shape index (κ1) is 39.3. The lowest BCUT2D eigenvalue weighted by Gasteiger charge is -2.44. The van der Waals surface area contributed by atoms with Crippen molar-refractivity contribution < 1.29 is 41.7 Å². The number of rotatable bonds is 18. The predicted molar refractivity (Wildman–Crippen MR) is 182 cm³/mol. The van der Waals surface area contributed by atoms with Crippen LogP contribution in [0.4, 0.5) is 0 Å². The van der Waals surface area contributed by atoms with Crippen LogP contribution in [0.5, 0.6) is 5.88 Å². The average molecular weight is 718 g/mol. The van der Waals surface area contributed by atoms with Gasteiger partial charge in [-0.05, 0) is 67.0 Å². The van der Waals surface area contributed by atoms with Gasteiger partial charge in [-0.15, -0.1) is 18.2 Å². The van der Waals surface area contributed by atoms with Gasteiger partial charge in [0.05, 0.1) is 10.1 Å². The molecule has 3 atom stereocenters. The number of allylic oxidation sites excluding steroid dienone is 2. The molecule has 0 N–H and O–H groups in total. The highest BCUT2D eigenvalue weighted by Crippen LogP contribution is 2.49. The van der Waals surface area contributed by atoms with Crippen molar-refractivity contribution in [2.45, 2.75) is 55.4 Å². The van der Waals surface area contributed by atoms with Crippen LogP contribution in [-0.4, -0.2) is 76.3 Å². The minimum absolute atomic E-state index is 0.000421. The number of halogens is 1. The van der Waals surface area contributed by atoms with E-state index >= 15 is 0 Å². The summed E-state index contributed by atoms with van der Waals surface area (Å²) in [6, 6.07) is 7.26. The van der Waals surface area contributed by atoms with Crippen LogP contribution in [0.15, 0.2) is 81.8 Å². The normalized spacial score (nSPS) is 18.9. The SMILES string of the molecule is C=C[C@]1(C)CC[C@@H](C(=C)CN(C)CCOC(=O)CCCC(=O)OCC#CCOc2no[n+]([O-])c2S(=O)(=O)c2ccccc2)C[C@H]1C(=C)CCl. The molecule has 0 saturated heterocycles. The van der Waals surface area contributed by atoms with Crippen LogP contribution in [0.3, 0.4) is 0 Å². The number of carbonyl (C=O) groups excluding carboxylic acids is 2. The van der Waals surface area contributed by atoms with Gasteiger partial charge in [-0.25, -0.2) is 8.42 Å². The summed E-state index contributed by atoms with van der Waals surface area (Å²) in [6.45, 7) is 15.7. The Morgan fingerprint density at radius 3 is 2.51 bits per heavy atom. The van der Waals surface area contributed by atoms with Gasteiger partial charge in [0.15, 0.2) is 13.2 Å².